The van der Waals surface area contributed by atoms with E-state index in [-0.39, 0.29) is 28.4 Å². The fraction of sp³-hybridized carbons (Fsp3) is 0.400. The van der Waals surface area contributed by atoms with Crippen molar-refractivity contribution in [1.82, 2.24) is 4.57 Å². The number of hydrogen-bond donors (Lipinski definition) is 0. The van der Waals surface area contributed by atoms with Gasteiger partial charge in [0.2, 0.25) is 0 Å². The van der Waals surface area contributed by atoms with E-state index >= 15 is 0 Å². The van der Waals surface area contributed by atoms with Crippen LogP contribution in [-0.2, 0) is 21.7 Å². The second-order valence-electron chi connectivity index (χ2n) is 17.2. The fourth-order valence-electron chi connectivity index (χ4n) is 7.08. The Bertz CT molecular complexity index is 1980. The van der Waals surface area contributed by atoms with Crippen molar-refractivity contribution in [2.24, 2.45) is 0 Å². The summed E-state index contributed by atoms with van der Waals surface area (Å²) in [5.74, 6) is 2.00. The van der Waals surface area contributed by atoms with Gasteiger partial charge in [0.15, 0.2) is 0 Å². The van der Waals surface area contributed by atoms with Crippen molar-refractivity contribution in [3.63, 3.8) is 0 Å². The first-order chi connectivity index (χ1) is 19.8. The van der Waals surface area contributed by atoms with E-state index in [0.29, 0.717) is 0 Å². The van der Waals surface area contributed by atoms with Gasteiger partial charge in [0.05, 0.1) is 5.52 Å². The van der Waals surface area contributed by atoms with E-state index in [0.717, 1.165) is 11.5 Å². The Labute approximate surface area is 258 Å². The van der Waals surface area contributed by atoms with Gasteiger partial charge >= 0.3 is 0 Å². The Kier molecular flexibility index (Phi) is 5.66. The maximum atomic E-state index is 6.94. The van der Waals surface area contributed by atoms with E-state index in [4.69, 9.17) is 4.74 Å². The zero-order valence-electron chi connectivity index (χ0n) is 28.2. The highest BCUT2D eigenvalue weighted by Crippen LogP contribution is 2.42. The molecule has 2 aliphatic heterocycles. The normalized spacial score (nSPS) is 14.7. The molecule has 5 aromatic rings. The minimum absolute atomic E-state index is 0.0179. The van der Waals surface area contributed by atoms with Crippen molar-refractivity contribution in [2.45, 2.75) is 105 Å². The number of fused-ring (bicyclic) bond motifs is 7. The van der Waals surface area contributed by atoms with Gasteiger partial charge in [-0.15, -0.1) is 0 Å². The molecule has 0 saturated carbocycles. The minimum atomic E-state index is -0.0181. The Morgan fingerprint density at radius 2 is 1.05 bits per heavy atom. The molecule has 0 unspecified atom stereocenters. The SMILES string of the molecule is CC(C)(C)c1ccc2c(c1)Oc1cc(C(C)(C)C)cc3c1B2c1cc(C(C)(C)C)cc2c4cc(C(C)(C)C)ccc4n-3c12. The molecule has 3 heterocycles. The third kappa shape index (κ3) is 4.21. The average molecular weight is 568 g/mol. The molecular weight excluding hydrogens is 521 g/mol. The third-order valence-electron chi connectivity index (χ3n) is 9.86. The largest absolute Gasteiger partial charge is 0.458 e. The summed E-state index contributed by atoms with van der Waals surface area (Å²) < 4.78 is 9.50. The van der Waals surface area contributed by atoms with Crippen LogP contribution in [0.2, 0.25) is 0 Å². The van der Waals surface area contributed by atoms with E-state index in [9.17, 15) is 0 Å². The lowest BCUT2D eigenvalue weighted by molar-refractivity contribution is 0.479. The molecule has 2 nitrogen and oxygen atoms in total. The average Bonchev–Trinajstić information content (AvgIpc) is 3.22. The van der Waals surface area contributed by atoms with Crippen molar-refractivity contribution >= 4 is 44.9 Å². The van der Waals surface area contributed by atoms with Crippen molar-refractivity contribution in [3.8, 4) is 17.2 Å². The van der Waals surface area contributed by atoms with Crippen LogP contribution in [0, 0.1) is 0 Å². The van der Waals surface area contributed by atoms with Gasteiger partial charge in [-0.25, -0.2) is 0 Å². The molecule has 1 aromatic heterocycles. The van der Waals surface area contributed by atoms with Crippen LogP contribution in [0.3, 0.4) is 0 Å². The molecule has 0 bridgehead atoms. The first-order valence-electron chi connectivity index (χ1n) is 16.0. The summed E-state index contributed by atoms with van der Waals surface area (Å²) in [4.78, 5) is 0. The quantitative estimate of drug-likeness (QED) is 0.167. The van der Waals surface area contributed by atoms with Crippen LogP contribution in [0.5, 0.6) is 11.5 Å². The highest BCUT2D eigenvalue weighted by atomic mass is 16.5. The van der Waals surface area contributed by atoms with Crippen molar-refractivity contribution in [2.75, 3.05) is 0 Å². The standard InChI is InChI=1S/C40H46BNO/c1-37(2,3)23-14-16-31-27(17-23)28-18-25(39(7,8)9)19-30-36(28)42(31)32-20-26(40(10,11)12)22-34-35(32)41(30)29-15-13-24(38(4,5)6)21-33(29)43-34/h13-22H,1-12H3. The first-order valence-corrected chi connectivity index (χ1v) is 16.0. The third-order valence-corrected chi connectivity index (χ3v) is 9.86. The van der Waals surface area contributed by atoms with Crippen LogP contribution < -0.4 is 21.1 Å². The number of nitrogens with zero attached hydrogens (tertiary/aromatic N) is 1. The van der Waals surface area contributed by atoms with Gasteiger partial charge in [-0.3, -0.25) is 0 Å². The topological polar surface area (TPSA) is 14.2 Å². The summed E-state index contributed by atoms with van der Waals surface area (Å²) >= 11 is 0. The molecule has 220 valence electrons. The van der Waals surface area contributed by atoms with Crippen molar-refractivity contribution in [3.05, 3.63) is 82.9 Å². The smallest absolute Gasteiger partial charge is 0.256 e. The van der Waals surface area contributed by atoms with Gasteiger partial charge in [0.1, 0.15) is 11.5 Å². The van der Waals surface area contributed by atoms with E-state index in [2.05, 4.69) is 148 Å². The summed E-state index contributed by atoms with van der Waals surface area (Å²) in [6.07, 6.45) is 0. The predicted molar refractivity (Wildman–Crippen MR) is 187 cm³/mol. The summed E-state index contributed by atoms with van der Waals surface area (Å²) in [6.45, 7) is 27.8. The lowest BCUT2D eigenvalue weighted by atomic mass is 9.34. The highest BCUT2D eigenvalue weighted by molar-refractivity contribution is 6.99. The molecule has 0 aliphatic carbocycles. The lowest BCUT2D eigenvalue weighted by Gasteiger charge is -2.36. The molecule has 43 heavy (non-hydrogen) atoms. The van der Waals surface area contributed by atoms with Crippen LogP contribution in [0.25, 0.3) is 27.5 Å². The molecule has 2 aliphatic rings. The maximum Gasteiger partial charge on any atom is 0.256 e. The van der Waals surface area contributed by atoms with Crippen LogP contribution in [0.1, 0.15) is 105 Å². The zero-order chi connectivity index (χ0) is 31.0. The molecule has 0 fully saturated rings. The molecule has 7 rings (SSSR count). The Morgan fingerprint density at radius 3 is 1.67 bits per heavy atom. The Balaban J connectivity index is 1.67. The van der Waals surface area contributed by atoms with E-state index < -0.39 is 0 Å². The first kappa shape index (κ1) is 28.3. The second kappa shape index (κ2) is 8.59. The number of hydrogen-bond acceptors (Lipinski definition) is 1. The van der Waals surface area contributed by atoms with E-state index in [1.807, 2.05) is 0 Å². The van der Waals surface area contributed by atoms with E-state index in [1.54, 1.807) is 0 Å². The lowest BCUT2D eigenvalue weighted by Crippen LogP contribution is -2.58. The predicted octanol–water partition coefficient (Wildman–Crippen LogP) is 8.91. The van der Waals surface area contributed by atoms with E-state index in [1.165, 1.54) is 66.1 Å². The number of rotatable bonds is 0. The Morgan fingerprint density at radius 1 is 0.512 bits per heavy atom. The number of ether oxygens (including phenoxy) is 1. The van der Waals surface area contributed by atoms with Gasteiger partial charge < -0.3 is 9.30 Å². The fourth-order valence-corrected chi connectivity index (χ4v) is 7.08. The maximum absolute atomic E-state index is 6.94. The van der Waals surface area contributed by atoms with Crippen molar-refractivity contribution < 1.29 is 4.74 Å². The van der Waals surface area contributed by atoms with Crippen LogP contribution in [0.15, 0.2) is 60.7 Å². The highest BCUT2D eigenvalue weighted by Gasteiger charge is 2.42. The van der Waals surface area contributed by atoms with Gasteiger partial charge in [-0.2, -0.15) is 0 Å². The number of benzene rings is 4. The minimum Gasteiger partial charge on any atom is -0.458 e. The van der Waals surface area contributed by atoms with Crippen LogP contribution in [0.4, 0.5) is 0 Å². The molecule has 0 amide bonds. The van der Waals surface area contributed by atoms with Gasteiger partial charge in [-0.05, 0) is 96.7 Å². The molecule has 3 heteroatoms. The summed E-state index contributed by atoms with van der Waals surface area (Å²) in [6, 6.07) is 23.9. The summed E-state index contributed by atoms with van der Waals surface area (Å²) in [5, 5.41) is 2.70. The second-order valence-corrected chi connectivity index (χ2v) is 17.2. The monoisotopic (exact) mass is 567 g/mol. The zero-order valence-corrected chi connectivity index (χ0v) is 28.2. The Hall–Kier alpha value is -3.46. The molecular formula is C40H46BNO. The molecule has 0 spiro atoms. The van der Waals surface area contributed by atoms with Crippen LogP contribution in [-0.4, -0.2) is 11.3 Å². The van der Waals surface area contributed by atoms with Crippen LogP contribution >= 0.6 is 0 Å². The molecule has 0 radical (unpaired) electrons. The van der Waals surface area contributed by atoms with Crippen molar-refractivity contribution in [1.29, 1.82) is 0 Å². The van der Waals surface area contributed by atoms with Gasteiger partial charge in [-0.1, -0.05) is 107 Å². The van der Waals surface area contributed by atoms with Gasteiger partial charge in [0.25, 0.3) is 6.71 Å². The number of aromatic nitrogens is 1. The molecule has 0 atom stereocenters. The molecule has 4 aromatic carbocycles. The molecule has 0 N–H and O–H groups in total. The van der Waals surface area contributed by atoms with Gasteiger partial charge in [0, 0.05) is 22.0 Å². The summed E-state index contributed by atoms with van der Waals surface area (Å²) in [7, 11) is 0. The summed E-state index contributed by atoms with van der Waals surface area (Å²) in [5.41, 5.74) is 13.3. The molecule has 0 saturated heterocycles.